The standard InChI is InChI=1S/C13H20FN3O/c1-18-13-3-2-11(8-12(13)14)9-16-10-17-6-4-15-5-7-17/h2-3,8,15-16H,4-7,9-10H2,1H3. The van der Waals surface area contributed by atoms with Crippen molar-refractivity contribution in [3.05, 3.63) is 29.6 Å². The maximum atomic E-state index is 13.5. The zero-order chi connectivity index (χ0) is 12.8. The average Bonchev–Trinajstić information content (AvgIpc) is 2.40. The maximum absolute atomic E-state index is 13.5. The van der Waals surface area contributed by atoms with E-state index in [1.807, 2.05) is 6.07 Å². The van der Waals surface area contributed by atoms with Crippen LogP contribution in [0.3, 0.4) is 0 Å². The minimum absolute atomic E-state index is 0.292. The third kappa shape index (κ3) is 3.66. The Kier molecular flexibility index (Phi) is 4.92. The van der Waals surface area contributed by atoms with E-state index in [1.165, 1.54) is 13.2 Å². The summed E-state index contributed by atoms with van der Waals surface area (Å²) < 4.78 is 18.3. The maximum Gasteiger partial charge on any atom is 0.165 e. The molecule has 0 unspecified atom stereocenters. The summed E-state index contributed by atoms with van der Waals surface area (Å²) in [7, 11) is 1.47. The van der Waals surface area contributed by atoms with Gasteiger partial charge in [0.25, 0.3) is 0 Å². The summed E-state index contributed by atoms with van der Waals surface area (Å²) in [5.41, 5.74) is 0.934. The Morgan fingerprint density at radius 1 is 1.39 bits per heavy atom. The Morgan fingerprint density at radius 2 is 2.17 bits per heavy atom. The van der Waals surface area contributed by atoms with Crippen molar-refractivity contribution >= 4 is 0 Å². The van der Waals surface area contributed by atoms with E-state index in [0.717, 1.165) is 38.4 Å². The Bertz CT molecular complexity index is 380. The highest BCUT2D eigenvalue weighted by atomic mass is 19.1. The van der Waals surface area contributed by atoms with Gasteiger partial charge in [0.15, 0.2) is 11.6 Å². The van der Waals surface area contributed by atoms with Crippen molar-refractivity contribution in [2.45, 2.75) is 6.54 Å². The first-order valence-corrected chi connectivity index (χ1v) is 6.26. The van der Waals surface area contributed by atoms with Crippen LogP contribution in [-0.2, 0) is 6.54 Å². The molecule has 0 amide bonds. The van der Waals surface area contributed by atoms with Crippen molar-refractivity contribution < 1.29 is 9.13 Å². The second-order valence-corrected chi connectivity index (χ2v) is 4.42. The van der Waals surface area contributed by atoms with Crippen molar-refractivity contribution in [2.24, 2.45) is 0 Å². The Hall–Kier alpha value is -1.17. The highest BCUT2D eigenvalue weighted by Gasteiger charge is 2.08. The molecule has 2 N–H and O–H groups in total. The number of methoxy groups -OCH3 is 1. The fourth-order valence-corrected chi connectivity index (χ4v) is 2.05. The van der Waals surface area contributed by atoms with Crippen LogP contribution in [0.5, 0.6) is 5.75 Å². The van der Waals surface area contributed by atoms with Crippen molar-refractivity contribution in [1.29, 1.82) is 0 Å². The molecule has 0 saturated carbocycles. The second kappa shape index (κ2) is 6.68. The molecule has 5 heteroatoms. The number of ether oxygens (including phenoxy) is 1. The molecule has 1 aliphatic heterocycles. The van der Waals surface area contributed by atoms with Gasteiger partial charge >= 0.3 is 0 Å². The van der Waals surface area contributed by atoms with Gasteiger partial charge < -0.3 is 15.4 Å². The molecule has 0 radical (unpaired) electrons. The molecular weight excluding hydrogens is 233 g/mol. The summed E-state index contributed by atoms with van der Waals surface area (Å²) in [5, 5.41) is 6.64. The minimum Gasteiger partial charge on any atom is -0.494 e. The van der Waals surface area contributed by atoms with E-state index in [2.05, 4.69) is 15.5 Å². The zero-order valence-corrected chi connectivity index (χ0v) is 10.7. The van der Waals surface area contributed by atoms with E-state index in [0.29, 0.717) is 12.3 Å². The molecule has 4 nitrogen and oxygen atoms in total. The van der Waals surface area contributed by atoms with E-state index < -0.39 is 0 Å². The number of hydrogen-bond acceptors (Lipinski definition) is 4. The van der Waals surface area contributed by atoms with E-state index in [4.69, 9.17) is 4.74 Å². The normalized spacial score (nSPS) is 16.8. The molecule has 0 aliphatic carbocycles. The molecule has 1 aliphatic rings. The van der Waals surface area contributed by atoms with Gasteiger partial charge in [-0.15, -0.1) is 0 Å². The van der Waals surface area contributed by atoms with Crippen molar-refractivity contribution in [1.82, 2.24) is 15.5 Å². The van der Waals surface area contributed by atoms with Crippen LogP contribution in [0.15, 0.2) is 18.2 Å². The molecule has 2 rings (SSSR count). The second-order valence-electron chi connectivity index (χ2n) is 4.42. The topological polar surface area (TPSA) is 36.5 Å². The van der Waals surface area contributed by atoms with Crippen LogP contribution in [0.4, 0.5) is 4.39 Å². The van der Waals surface area contributed by atoms with Crippen molar-refractivity contribution in [2.75, 3.05) is 40.0 Å². The third-order valence-corrected chi connectivity index (χ3v) is 3.09. The Morgan fingerprint density at radius 3 is 2.83 bits per heavy atom. The quantitative estimate of drug-likeness (QED) is 0.813. The number of hydrogen-bond donors (Lipinski definition) is 2. The zero-order valence-electron chi connectivity index (χ0n) is 10.7. The fraction of sp³-hybridized carbons (Fsp3) is 0.538. The van der Waals surface area contributed by atoms with Gasteiger partial charge in [0.2, 0.25) is 0 Å². The molecule has 1 heterocycles. The number of benzene rings is 1. The van der Waals surface area contributed by atoms with Gasteiger partial charge in [-0.1, -0.05) is 6.07 Å². The molecular formula is C13H20FN3O. The molecule has 100 valence electrons. The lowest BCUT2D eigenvalue weighted by atomic mass is 10.2. The molecule has 1 fully saturated rings. The first kappa shape index (κ1) is 13.3. The Balaban J connectivity index is 1.77. The van der Waals surface area contributed by atoms with Crippen molar-refractivity contribution in [3.8, 4) is 5.75 Å². The largest absolute Gasteiger partial charge is 0.494 e. The summed E-state index contributed by atoms with van der Waals surface area (Å²) in [6.45, 7) is 5.71. The first-order valence-electron chi connectivity index (χ1n) is 6.26. The van der Waals surface area contributed by atoms with Crippen LogP contribution in [0, 0.1) is 5.82 Å². The van der Waals surface area contributed by atoms with E-state index >= 15 is 0 Å². The van der Waals surface area contributed by atoms with E-state index in [1.54, 1.807) is 6.07 Å². The minimum atomic E-state index is -0.307. The molecule has 0 bridgehead atoms. The van der Waals surface area contributed by atoms with Gasteiger partial charge in [-0.2, -0.15) is 0 Å². The summed E-state index contributed by atoms with van der Waals surface area (Å²) in [6.07, 6.45) is 0. The number of nitrogens with zero attached hydrogens (tertiary/aromatic N) is 1. The lowest BCUT2D eigenvalue weighted by molar-refractivity contribution is 0.223. The molecule has 1 aromatic carbocycles. The summed E-state index contributed by atoms with van der Waals surface area (Å²) in [5.74, 6) is -0.0140. The molecule has 0 atom stereocenters. The number of nitrogens with one attached hydrogen (secondary N) is 2. The monoisotopic (exact) mass is 253 g/mol. The first-order chi connectivity index (χ1) is 8.79. The Labute approximate surface area is 107 Å². The number of piperazine rings is 1. The summed E-state index contributed by atoms with van der Waals surface area (Å²) >= 11 is 0. The van der Waals surface area contributed by atoms with Crippen LogP contribution < -0.4 is 15.4 Å². The van der Waals surface area contributed by atoms with Crippen LogP contribution in [0.1, 0.15) is 5.56 Å². The molecule has 0 spiro atoms. The van der Waals surface area contributed by atoms with E-state index in [9.17, 15) is 4.39 Å². The van der Waals surface area contributed by atoms with Crippen LogP contribution in [-0.4, -0.2) is 44.9 Å². The highest BCUT2D eigenvalue weighted by Crippen LogP contribution is 2.17. The lowest BCUT2D eigenvalue weighted by Crippen LogP contribution is -2.46. The number of rotatable bonds is 5. The van der Waals surface area contributed by atoms with Gasteiger partial charge in [-0.05, 0) is 17.7 Å². The molecule has 1 saturated heterocycles. The third-order valence-electron chi connectivity index (χ3n) is 3.09. The molecule has 0 aromatic heterocycles. The van der Waals surface area contributed by atoms with Gasteiger partial charge in [0.05, 0.1) is 7.11 Å². The van der Waals surface area contributed by atoms with Gasteiger partial charge in [0.1, 0.15) is 0 Å². The van der Waals surface area contributed by atoms with Crippen LogP contribution >= 0.6 is 0 Å². The van der Waals surface area contributed by atoms with Crippen LogP contribution in [0.25, 0.3) is 0 Å². The van der Waals surface area contributed by atoms with E-state index in [-0.39, 0.29) is 5.82 Å². The predicted molar refractivity (Wildman–Crippen MR) is 69.1 cm³/mol. The molecule has 1 aromatic rings. The fourth-order valence-electron chi connectivity index (χ4n) is 2.05. The summed E-state index contributed by atoms with van der Waals surface area (Å²) in [6, 6.07) is 5.06. The smallest absolute Gasteiger partial charge is 0.165 e. The number of halogens is 1. The average molecular weight is 253 g/mol. The lowest BCUT2D eigenvalue weighted by Gasteiger charge is -2.27. The molecule has 18 heavy (non-hydrogen) atoms. The highest BCUT2D eigenvalue weighted by molar-refractivity contribution is 5.29. The SMILES string of the molecule is COc1ccc(CNCN2CCNCC2)cc1F. The summed E-state index contributed by atoms with van der Waals surface area (Å²) in [4.78, 5) is 2.34. The van der Waals surface area contributed by atoms with Gasteiger partial charge in [-0.3, -0.25) is 4.90 Å². The van der Waals surface area contributed by atoms with Crippen molar-refractivity contribution in [3.63, 3.8) is 0 Å². The van der Waals surface area contributed by atoms with Crippen LogP contribution in [0.2, 0.25) is 0 Å². The van der Waals surface area contributed by atoms with Gasteiger partial charge in [-0.25, -0.2) is 4.39 Å². The van der Waals surface area contributed by atoms with Gasteiger partial charge in [0, 0.05) is 39.4 Å². The predicted octanol–water partition coefficient (Wildman–Crippen LogP) is 0.787.